The van der Waals surface area contributed by atoms with E-state index in [9.17, 15) is 9.18 Å². The van der Waals surface area contributed by atoms with E-state index >= 15 is 0 Å². The minimum atomic E-state index is -0.461. The normalized spacial score (nSPS) is 16.8. The topological polar surface area (TPSA) is 132 Å². The van der Waals surface area contributed by atoms with Crippen LogP contribution in [0.2, 0.25) is 0 Å². The fraction of sp³-hybridized carbons (Fsp3) is 0.391. The zero-order chi connectivity index (χ0) is 22.8. The predicted molar refractivity (Wildman–Crippen MR) is 122 cm³/mol. The van der Waals surface area contributed by atoms with Crippen LogP contribution in [0.3, 0.4) is 0 Å². The highest BCUT2D eigenvalue weighted by Gasteiger charge is 2.23. The van der Waals surface area contributed by atoms with E-state index in [-0.39, 0.29) is 12.2 Å². The standard InChI is InChI=1S/C23H25FN8O/c24-16-8-13(7-15(9-16)18(10-25)32-31-17-5-6-17)11-26-23(33)20-19-22(28-12-27-20)30-21(29-19)14-3-1-2-4-14/h7-10,12,14,17,25,31H,1-6,11H2,(H,26,33)(H,27,28,29,30)/b25-10?,32-18+. The van der Waals surface area contributed by atoms with Gasteiger partial charge in [-0.15, -0.1) is 0 Å². The van der Waals surface area contributed by atoms with Crippen LogP contribution in [0, 0.1) is 11.2 Å². The number of hydrogen-bond acceptors (Lipinski definition) is 7. The molecule has 2 heterocycles. The molecular weight excluding hydrogens is 423 g/mol. The van der Waals surface area contributed by atoms with Crippen molar-refractivity contribution < 1.29 is 9.18 Å². The number of hydrazone groups is 1. The van der Waals surface area contributed by atoms with Crippen LogP contribution in [0.4, 0.5) is 4.39 Å². The van der Waals surface area contributed by atoms with Gasteiger partial charge in [0.1, 0.15) is 29.2 Å². The van der Waals surface area contributed by atoms with E-state index in [0.29, 0.717) is 40.0 Å². The van der Waals surface area contributed by atoms with Gasteiger partial charge in [-0.2, -0.15) is 5.10 Å². The molecule has 3 aromatic rings. The average Bonchev–Trinajstić information content (AvgIpc) is 3.29. The van der Waals surface area contributed by atoms with Gasteiger partial charge in [0, 0.05) is 30.3 Å². The molecule has 10 heteroatoms. The number of amides is 1. The fourth-order valence-electron chi connectivity index (χ4n) is 4.13. The number of nitrogens with zero attached hydrogens (tertiary/aromatic N) is 4. The Morgan fingerprint density at radius 3 is 2.79 bits per heavy atom. The monoisotopic (exact) mass is 448 g/mol. The third kappa shape index (κ3) is 4.74. The molecule has 0 aliphatic heterocycles. The van der Waals surface area contributed by atoms with Crippen molar-refractivity contribution in [2.24, 2.45) is 5.10 Å². The molecule has 0 saturated heterocycles. The van der Waals surface area contributed by atoms with Gasteiger partial charge in [-0.1, -0.05) is 12.8 Å². The van der Waals surface area contributed by atoms with Crippen molar-refractivity contribution in [3.63, 3.8) is 0 Å². The number of carbonyl (C=O) groups excluding carboxylic acids is 1. The molecule has 33 heavy (non-hydrogen) atoms. The SMILES string of the molecule is N=C/C(=N\NC1CC1)c1cc(F)cc(CNC(=O)c2ncnc3nc(C4CCCC4)[nH]c23)c1. The highest BCUT2D eigenvalue weighted by molar-refractivity contribution is 6.37. The highest BCUT2D eigenvalue weighted by atomic mass is 19.1. The van der Waals surface area contributed by atoms with E-state index in [0.717, 1.165) is 37.7 Å². The zero-order valence-electron chi connectivity index (χ0n) is 18.1. The van der Waals surface area contributed by atoms with Crippen LogP contribution in [-0.4, -0.2) is 43.8 Å². The van der Waals surface area contributed by atoms with Gasteiger partial charge in [0.15, 0.2) is 11.3 Å². The van der Waals surface area contributed by atoms with E-state index in [1.54, 1.807) is 6.07 Å². The molecule has 0 radical (unpaired) electrons. The molecule has 2 aliphatic carbocycles. The van der Waals surface area contributed by atoms with Crippen molar-refractivity contribution in [3.8, 4) is 0 Å². The number of rotatable bonds is 8. The lowest BCUT2D eigenvalue weighted by Crippen LogP contribution is -2.24. The van der Waals surface area contributed by atoms with Gasteiger partial charge < -0.3 is 21.1 Å². The molecule has 4 N–H and O–H groups in total. The number of benzene rings is 1. The van der Waals surface area contributed by atoms with Gasteiger partial charge in [-0.3, -0.25) is 4.79 Å². The van der Waals surface area contributed by atoms with Crippen molar-refractivity contribution in [1.82, 2.24) is 30.7 Å². The lowest BCUT2D eigenvalue weighted by Gasteiger charge is -2.09. The van der Waals surface area contributed by atoms with Crippen LogP contribution in [0.25, 0.3) is 11.2 Å². The zero-order valence-corrected chi connectivity index (χ0v) is 18.1. The van der Waals surface area contributed by atoms with Gasteiger partial charge in [-0.05, 0) is 49.4 Å². The number of halogens is 1. The third-order valence-electron chi connectivity index (χ3n) is 6.05. The highest BCUT2D eigenvalue weighted by Crippen LogP contribution is 2.33. The summed E-state index contributed by atoms with van der Waals surface area (Å²) in [6.07, 6.45) is 9.02. The summed E-state index contributed by atoms with van der Waals surface area (Å²) in [4.78, 5) is 29.1. The molecular formula is C23H25FN8O. The summed E-state index contributed by atoms with van der Waals surface area (Å²) < 4.78 is 14.2. The second-order valence-corrected chi connectivity index (χ2v) is 8.60. The number of aromatic amines is 1. The van der Waals surface area contributed by atoms with Gasteiger partial charge in [-0.25, -0.2) is 19.3 Å². The van der Waals surface area contributed by atoms with E-state index in [4.69, 9.17) is 5.41 Å². The summed E-state index contributed by atoms with van der Waals surface area (Å²) in [5.74, 6) is 0.355. The molecule has 5 rings (SSSR count). The molecule has 170 valence electrons. The number of fused-ring (bicyclic) bond motifs is 1. The van der Waals surface area contributed by atoms with Crippen LogP contribution in [0.15, 0.2) is 29.6 Å². The maximum atomic E-state index is 14.2. The first kappa shape index (κ1) is 21.2. The van der Waals surface area contributed by atoms with Crippen LogP contribution < -0.4 is 10.7 Å². The second kappa shape index (κ2) is 9.05. The van der Waals surface area contributed by atoms with Crippen molar-refractivity contribution >= 4 is 29.0 Å². The summed E-state index contributed by atoms with van der Waals surface area (Å²) >= 11 is 0. The Balaban J connectivity index is 1.32. The molecule has 0 spiro atoms. The smallest absolute Gasteiger partial charge is 0.272 e. The maximum absolute atomic E-state index is 14.2. The van der Waals surface area contributed by atoms with Gasteiger partial charge >= 0.3 is 0 Å². The second-order valence-electron chi connectivity index (χ2n) is 8.60. The Hall–Kier alpha value is -3.69. The van der Waals surface area contributed by atoms with Crippen molar-refractivity contribution in [2.45, 2.75) is 57.0 Å². The molecule has 2 fully saturated rings. The van der Waals surface area contributed by atoms with Crippen molar-refractivity contribution in [3.05, 3.63) is 53.0 Å². The summed E-state index contributed by atoms with van der Waals surface area (Å²) in [6.45, 7) is 0.0973. The molecule has 2 aliphatic rings. The minimum Gasteiger partial charge on any atom is -0.347 e. The first-order chi connectivity index (χ1) is 16.1. The average molecular weight is 449 g/mol. The van der Waals surface area contributed by atoms with E-state index < -0.39 is 11.7 Å². The Bertz CT molecular complexity index is 1230. The lowest BCUT2D eigenvalue weighted by atomic mass is 10.1. The number of hydrogen-bond donors (Lipinski definition) is 4. The number of imidazole rings is 1. The number of nitrogens with one attached hydrogen (secondary N) is 4. The Kier molecular flexibility index (Phi) is 5.80. The molecule has 1 amide bonds. The Morgan fingerprint density at radius 1 is 1.21 bits per heavy atom. The lowest BCUT2D eigenvalue weighted by molar-refractivity contribution is 0.0947. The molecule has 1 aromatic carbocycles. The molecule has 0 atom stereocenters. The summed E-state index contributed by atoms with van der Waals surface area (Å²) in [5, 5.41) is 14.6. The molecule has 0 bridgehead atoms. The van der Waals surface area contributed by atoms with Gasteiger partial charge in [0.25, 0.3) is 5.91 Å². The fourth-order valence-corrected chi connectivity index (χ4v) is 4.13. The summed E-state index contributed by atoms with van der Waals surface area (Å²) in [6, 6.07) is 4.72. The summed E-state index contributed by atoms with van der Waals surface area (Å²) in [7, 11) is 0. The Labute approximate surface area is 189 Å². The molecule has 2 saturated carbocycles. The third-order valence-corrected chi connectivity index (χ3v) is 6.05. The molecule has 0 unspecified atom stereocenters. The summed E-state index contributed by atoms with van der Waals surface area (Å²) in [5.41, 5.74) is 5.54. The van der Waals surface area contributed by atoms with E-state index in [2.05, 4.69) is 35.8 Å². The number of H-pyrrole nitrogens is 1. The number of aromatic nitrogens is 4. The van der Waals surface area contributed by atoms with E-state index in [1.165, 1.54) is 31.3 Å². The van der Waals surface area contributed by atoms with Crippen LogP contribution >= 0.6 is 0 Å². The van der Waals surface area contributed by atoms with Crippen molar-refractivity contribution in [2.75, 3.05) is 0 Å². The quantitative estimate of drug-likeness (QED) is 0.310. The predicted octanol–water partition coefficient (Wildman–Crippen LogP) is 3.19. The van der Waals surface area contributed by atoms with Crippen LogP contribution in [0.1, 0.15) is 71.9 Å². The minimum absolute atomic E-state index is 0.0973. The van der Waals surface area contributed by atoms with Gasteiger partial charge in [0.2, 0.25) is 0 Å². The first-order valence-electron chi connectivity index (χ1n) is 11.2. The number of carbonyl (C=O) groups is 1. The van der Waals surface area contributed by atoms with Crippen LogP contribution in [0.5, 0.6) is 0 Å². The Morgan fingerprint density at radius 2 is 2.03 bits per heavy atom. The van der Waals surface area contributed by atoms with Gasteiger partial charge in [0.05, 0.1) is 0 Å². The van der Waals surface area contributed by atoms with E-state index in [1.807, 2.05) is 0 Å². The first-order valence-corrected chi connectivity index (χ1v) is 11.2. The van der Waals surface area contributed by atoms with Crippen LogP contribution in [-0.2, 0) is 6.54 Å². The maximum Gasteiger partial charge on any atom is 0.272 e. The molecule has 9 nitrogen and oxygen atoms in total. The van der Waals surface area contributed by atoms with Crippen molar-refractivity contribution in [1.29, 1.82) is 5.41 Å². The largest absolute Gasteiger partial charge is 0.347 e. The molecule has 2 aromatic heterocycles.